The van der Waals surface area contributed by atoms with Gasteiger partial charge in [0.1, 0.15) is 23.0 Å². The summed E-state index contributed by atoms with van der Waals surface area (Å²) in [5.41, 5.74) is 6.25. The molecule has 0 saturated carbocycles. The minimum Gasteiger partial charge on any atom is -0.382 e. The van der Waals surface area contributed by atoms with Crippen LogP contribution in [0.5, 0.6) is 0 Å². The van der Waals surface area contributed by atoms with Crippen LogP contribution in [-0.2, 0) is 4.79 Å². The Kier molecular flexibility index (Phi) is 5.68. The van der Waals surface area contributed by atoms with Crippen LogP contribution in [0.25, 0.3) is 16.7 Å². The van der Waals surface area contributed by atoms with Crippen molar-refractivity contribution in [3.8, 4) is 5.69 Å². The maximum atomic E-state index is 14.9. The summed E-state index contributed by atoms with van der Waals surface area (Å²) in [6.45, 7) is 1.64. The number of halogens is 4. The summed E-state index contributed by atoms with van der Waals surface area (Å²) >= 11 is 11.7. The molecule has 4 N–H and O–H groups in total. The third kappa shape index (κ3) is 3.83. The number of nitrogens with one attached hydrogen (secondary N) is 1. The van der Waals surface area contributed by atoms with Gasteiger partial charge in [0.2, 0.25) is 0 Å². The van der Waals surface area contributed by atoms with E-state index in [0.29, 0.717) is 11.2 Å². The van der Waals surface area contributed by atoms with Gasteiger partial charge in [0.05, 0.1) is 11.4 Å². The van der Waals surface area contributed by atoms with Crippen molar-refractivity contribution in [1.82, 2.24) is 19.7 Å². The van der Waals surface area contributed by atoms with Crippen LogP contribution in [0.4, 0.5) is 20.3 Å². The Bertz CT molecular complexity index is 1360. The van der Waals surface area contributed by atoms with E-state index >= 15 is 0 Å². The van der Waals surface area contributed by atoms with Gasteiger partial charge in [-0.3, -0.25) is 4.79 Å². The van der Waals surface area contributed by atoms with Crippen LogP contribution in [0.2, 0.25) is 10.0 Å². The molecule has 1 amide bonds. The molecular weight excluding hydrogens is 465 g/mol. The number of aliphatic hydroxyl groups excluding tert-OH is 1. The number of rotatable bonds is 4. The molecular formula is C20H14Cl2F2N6O2. The Hall–Kier alpha value is -3.34. The third-order valence-electron chi connectivity index (χ3n) is 4.65. The highest BCUT2D eigenvalue weighted by molar-refractivity contribution is 6.34. The number of fused-ring (bicyclic) bond motifs is 1. The normalized spacial score (nSPS) is 12.2. The van der Waals surface area contributed by atoms with Crippen molar-refractivity contribution in [1.29, 1.82) is 0 Å². The van der Waals surface area contributed by atoms with Crippen LogP contribution in [0.3, 0.4) is 0 Å². The molecule has 0 aliphatic rings. The van der Waals surface area contributed by atoms with Gasteiger partial charge in [-0.25, -0.2) is 23.4 Å². The number of nitrogens with zero attached hydrogens (tertiary/aromatic N) is 4. The summed E-state index contributed by atoms with van der Waals surface area (Å²) in [6.07, 6.45) is -0.479. The predicted octanol–water partition coefficient (Wildman–Crippen LogP) is 3.96. The van der Waals surface area contributed by atoms with E-state index in [0.717, 1.165) is 10.7 Å². The number of nitrogens with two attached hydrogens (primary N) is 1. The van der Waals surface area contributed by atoms with Crippen molar-refractivity contribution in [3.05, 3.63) is 69.6 Å². The number of anilines is 2. The molecule has 4 rings (SSSR count). The molecule has 2 aromatic heterocycles. The van der Waals surface area contributed by atoms with E-state index in [1.807, 2.05) is 0 Å². The second-order valence-electron chi connectivity index (χ2n) is 6.81. The molecule has 12 heteroatoms. The van der Waals surface area contributed by atoms with Crippen LogP contribution in [0.1, 0.15) is 17.4 Å². The van der Waals surface area contributed by atoms with Gasteiger partial charge in [0, 0.05) is 10.0 Å². The Balaban J connectivity index is 1.68. The Morgan fingerprint density at radius 3 is 2.53 bits per heavy atom. The number of benzene rings is 2. The van der Waals surface area contributed by atoms with Crippen LogP contribution < -0.4 is 11.1 Å². The molecule has 0 saturated heterocycles. The zero-order valence-electron chi connectivity index (χ0n) is 16.3. The zero-order chi connectivity index (χ0) is 23.2. The lowest BCUT2D eigenvalue weighted by Crippen LogP contribution is -2.22. The number of carbonyl (C=O) groups excluding carboxylic acids is 1. The molecule has 0 spiro atoms. The lowest BCUT2D eigenvalue weighted by molar-refractivity contribution is -0.124. The van der Waals surface area contributed by atoms with Gasteiger partial charge in [-0.1, -0.05) is 23.2 Å². The monoisotopic (exact) mass is 478 g/mol. The van der Waals surface area contributed by atoms with Crippen molar-refractivity contribution >= 4 is 51.6 Å². The zero-order valence-corrected chi connectivity index (χ0v) is 17.8. The number of hydrogen-bond donors (Lipinski definition) is 3. The first kappa shape index (κ1) is 21.9. The minimum absolute atomic E-state index is 0.0380. The molecule has 1 unspecified atom stereocenters. The van der Waals surface area contributed by atoms with Gasteiger partial charge in [-0.15, -0.1) is 0 Å². The summed E-state index contributed by atoms with van der Waals surface area (Å²) in [6, 6.07) is 6.41. The molecule has 1 atom stereocenters. The van der Waals surface area contributed by atoms with Crippen LogP contribution >= 0.6 is 23.2 Å². The van der Waals surface area contributed by atoms with Crippen molar-refractivity contribution in [3.63, 3.8) is 0 Å². The average Bonchev–Trinajstić information content (AvgIpc) is 3.08. The Morgan fingerprint density at radius 1 is 1.16 bits per heavy atom. The molecule has 0 aliphatic carbocycles. The first-order valence-electron chi connectivity index (χ1n) is 9.06. The number of hydrogen-bond acceptors (Lipinski definition) is 6. The summed E-state index contributed by atoms with van der Waals surface area (Å²) in [5.74, 6) is -3.62. The highest BCUT2D eigenvalue weighted by atomic mass is 35.5. The van der Waals surface area contributed by atoms with Gasteiger partial charge in [-0.05, 0) is 42.8 Å². The molecule has 0 aliphatic heterocycles. The van der Waals surface area contributed by atoms with Crippen molar-refractivity contribution in [2.45, 2.75) is 13.0 Å². The first-order valence-corrected chi connectivity index (χ1v) is 9.82. The number of nitrogen functional groups attached to an aromatic ring is 1. The van der Waals surface area contributed by atoms with Gasteiger partial charge in [-0.2, -0.15) is 5.10 Å². The lowest BCUT2D eigenvalue weighted by atomic mass is 10.1. The van der Waals surface area contributed by atoms with Crippen molar-refractivity contribution in [2.24, 2.45) is 0 Å². The molecule has 8 nitrogen and oxygen atoms in total. The summed E-state index contributed by atoms with van der Waals surface area (Å²) in [7, 11) is 0. The number of aromatic nitrogens is 4. The van der Waals surface area contributed by atoms with Crippen LogP contribution in [-0.4, -0.2) is 30.8 Å². The van der Waals surface area contributed by atoms with Gasteiger partial charge in [0.25, 0.3) is 5.91 Å². The highest BCUT2D eigenvalue weighted by Crippen LogP contribution is 2.29. The van der Waals surface area contributed by atoms with Crippen LogP contribution in [0.15, 0.2) is 36.7 Å². The maximum absolute atomic E-state index is 14.9. The maximum Gasteiger partial charge on any atom is 0.257 e. The quantitative estimate of drug-likeness (QED) is 0.408. The van der Waals surface area contributed by atoms with E-state index in [2.05, 4.69) is 20.4 Å². The fourth-order valence-electron chi connectivity index (χ4n) is 3.17. The second kappa shape index (κ2) is 8.30. The molecule has 0 bridgehead atoms. The average molecular weight is 479 g/mol. The van der Waals surface area contributed by atoms with E-state index < -0.39 is 29.3 Å². The summed E-state index contributed by atoms with van der Waals surface area (Å²) < 4.78 is 30.8. The topological polar surface area (TPSA) is 119 Å². The Labute approximate surface area is 189 Å². The SMILES string of the molecule is Cc1nn(-c2ccc(NC(=O)C(O)c3cc(Cl)cc(Cl)c3)c(F)c2F)c2c(N)ncnc12. The van der Waals surface area contributed by atoms with E-state index in [4.69, 9.17) is 28.9 Å². The van der Waals surface area contributed by atoms with E-state index in [1.54, 1.807) is 6.92 Å². The third-order valence-corrected chi connectivity index (χ3v) is 5.09. The van der Waals surface area contributed by atoms with E-state index in [9.17, 15) is 18.7 Å². The fraction of sp³-hybridized carbons (Fsp3) is 0.100. The molecule has 4 aromatic rings. The molecule has 32 heavy (non-hydrogen) atoms. The van der Waals surface area contributed by atoms with Crippen LogP contribution in [0, 0.1) is 18.6 Å². The molecule has 2 heterocycles. The number of aryl methyl sites for hydroxylation is 1. The molecule has 164 valence electrons. The van der Waals surface area contributed by atoms with Gasteiger partial charge in [0.15, 0.2) is 23.6 Å². The molecule has 2 aromatic carbocycles. The molecule has 0 radical (unpaired) electrons. The first-order chi connectivity index (χ1) is 15.2. The highest BCUT2D eigenvalue weighted by Gasteiger charge is 2.24. The summed E-state index contributed by atoms with van der Waals surface area (Å²) in [5, 5.41) is 17.0. The standard InChI is InChI=1S/C20H14Cl2F2N6O2/c1-8-16-17(19(25)27-7-26-16)30(29-8)13-3-2-12(14(23)15(13)24)28-20(32)18(31)9-4-10(21)6-11(22)5-9/h2-7,18,31H,1H3,(H,28,32)(H2,25,26,27). The van der Waals surface area contributed by atoms with Gasteiger partial charge < -0.3 is 16.2 Å². The smallest absolute Gasteiger partial charge is 0.257 e. The number of carbonyl (C=O) groups is 1. The fourth-order valence-corrected chi connectivity index (χ4v) is 3.72. The lowest BCUT2D eigenvalue weighted by Gasteiger charge is -2.14. The summed E-state index contributed by atoms with van der Waals surface area (Å²) in [4.78, 5) is 20.3. The van der Waals surface area contributed by atoms with Crippen molar-refractivity contribution in [2.75, 3.05) is 11.1 Å². The number of amides is 1. The minimum atomic E-state index is -1.72. The second-order valence-corrected chi connectivity index (χ2v) is 7.68. The van der Waals surface area contributed by atoms with Gasteiger partial charge >= 0.3 is 0 Å². The Morgan fingerprint density at radius 2 is 1.84 bits per heavy atom. The van der Waals surface area contributed by atoms with E-state index in [-0.39, 0.29) is 32.6 Å². The predicted molar refractivity (Wildman–Crippen MR) is 116 cm³/mol. The van der Waals surface area contributed by atoms with E-state index in [1.165, 1.54) is 30.6 Å². The largest absolute Gasteiger partial charge is 0.382 e. The molecule has 0 fully saturated rings. The van der Waals surface area contributed by atoms with Crippen molar-refractivity contribution < 1.29 is 18.7 Å². The number of aliphatic hydroxyl groups is 1.